The third-order valence-electron chi connectivity index (χ3n) is 3.37. The van der Waals surface area contributed by atoms with Crippen LogP contribution in [0.5, 0.6) is 0 Å². The van der Waals surface area contributed by atoms with Gasteiger partial charge in [0.25, 0.3) is 0 Å². The van der Waals surface area contributed by atoms with Gasteiger partial charge in [-0.15, -0.1) is 0 Å². The van der Waals surface area contributed by atoms with Crippen molar-refractivity contribution in [1.29, 1.82) is 0 Å². The van der Waals surface area contributed by atoms with Crippen molar-refractivity contribution in [2.75, 3.05) is 18.5 Å². The van der Waals surface area contributed by atoms with Crippen LogP contribution in [-0.2, 0) is 6.42 Å². The molecule has 1 aromatic rings. The fraction of sp³-hybridized carbons (Fsp3) is 0.222. The highest BCUT2D eigenvalue weighted by atomic mass is 15.1. The maximum Gasteiger partial charge on any atom is 0.0397 e. The fourth-order valence-corrected chi connectivity index (χ4v) is 2.38. The summed E-state index contributed by atoms with van der Waals surface area (Å²) in [7, 11) is 2.15. The molecule has 0 radical (unpaired) electrons. The predicted molar refractivity (Wildman–Crippen MR) is 85.5 cm³/mol. The maximum atomic E-state index is 3.74. The molecule has 1 aliphatic rings. The average Bonchev–Trinajstić information content (AvgIpc) is 2.78. The molecule has 0 fully saturated rings. The minimum absolute atomic E-state index is 1.13. The third kappa shape index (κ3) is 3.25. The monoisotopic (exact) mass is 251 g/mol. The number of hydrogen-bond acceptors (Lipinski definition) is 1. The Morgan fingerprint density at radius 3 is 2.89 bits per heavy atom. The fourth-order valence-electron chi connectivity index (χ4n) is 2.38. The van der Waals surface area contributed by atoms with Crippen molar-refractivity contribution in [3.05, 3.63) is 71.9 Å². The summed E-state index contributed by atoms with van der Waals surface area (Å²) in [6.07, 6.45) is 13.4. The van der Waals surface area contributed by atoms with Gasteiger partial charge in [-0.2, -0.15) is 0 Å². The standard InChI is InChI=1S/C18H21N/c1-4-6-15(7-5-2)8-9-16-10-11-18-17(14-16)12-13-19(18)3/h4-11,14H,1,12-13H2,2-3H3/b7-5-,9-8+,15-6+. The number of anilines is 1. The lowest BCUT2D eigenvalue weighted by Gasteiger charge is -2.11. The molecule has 0 amide bonds. The molecule has 19 heavy (non-hydrogen) atoms. The van der Waals surface area contributed by atoms with E-state index in [9.17, 15) is 0 Å². The zero-order chi connectivity index (χ0) is 13.7. The van der Waals surface area contributed by atoms with Gasteiger partial charge < -0.3 is 4.90 Å². The third-order valence-corrected chi connectivity index (χ3v) is 3.37. The van der Waals surface area contributed by atoms with Crippen LogP contribution in [0.25, 0.3) is 6.08 Å². The summed E-state index contributed by atoms with van der Waals surface area (Å²) < 4.78 is 0. The molecule has 0 N–H and O–H groups in total. The van der Waals surface area contributed by atoms with E-state index in [2.05, 4.69) is 55.0 Å². The molecule has 1 heteroatoms. The second-order valence-corrected chi connectivity index (χ2v) is 4.80. The number of nitrogens with zero attached hydrogens (tertiary/aromatic N) is 1. The van der Waals surface area contributed by atoms with Crippen LogP contribution in [0.4, 0.5) is 5.69 Å². The highest BCUT2D eigenvalue weighted by molar-refractivity contribution is 5.64. The van der Waals surface area contributed by atoms with Gasteiger partial charge in [0.2, 0.25) is 0 Å². The summed E-state index contributed by atoms with van der Waals surface area (Å²) in [4.78, 5) is 2.31. The second kappa shape index (κ2) is 6.24. The molecule has 1 aliphatic heterocycles. The first-order valence-electron chi connectivity index (χ1n) is 6.72. The number of likely N-dealkylation sites (N-methyl/N-ethyl adjacent to an activating group) is 1. The van der Waals surface area contributed by atoms with Crippen molar-refractivity contribution >= 4 is 11.8 Å². The molecule has 1 aromatic carbocycles. The van der Waals surface area contributed by atoms with E-state index >= 15 is 0 Å². The van der Waals surface area contributed by atoms with Crippen LogP contribution in [0.15, 0.2) is 60.7 Å². The Balaban J connectivity index is 2.20. The molecule has 0 spiro atoms. The normalized spacial score (nSPS) is 15.5. The van der Waals surface area contributed by atoms with Crippen LogP contribution in [0.1, 0.15) is 18.1 Å². The minimum atomic E-state index is 1.13. The lowest BCUT2D eigenvalue weighted by Crippen LogP contribution is -2.12. The van der Waals surface area contributed by atoms with E-state index in [0.29, 0.717) is 0 Å². The lowest BCUT2D eigenvalue weighted by molar-refractivity contribution is 0.956. The van der Waals surface area contributed by atoms with Gasteiger partial charge in [-0.1, -0.05) is 49.1 Å². The quantitative estimate of drug-likeness (QED) is 0.718. The van der Waals surface area contributed by atoms with Gasteiger partial charge >= 0.3 is 0 Å². The summed E-state index contributed by atoms with van der Waals surface area (Å²) in [6, 6.07) is 6.68. The van der Waals surface area contributed by atoms with E-state index in [1.807, 2.05) is 25.2 Å². The van der Waals surface area contributed by atoms with Gasteiger partial charge in [0.15, 0.2) is 0 Å². The molecule has 0 atom stereocenters. The van der Waals surface area contributed by atoms with Gasteiger partial charge in [-0.3, -0.25) is 0 Å². The second-order valence-electron chi connectivity index (χ2n) is 4.80. The number of hydrogen-bond donors (Lipinski definition) is 0. The Labute approximate surface area is 116 Å². The van der Waals surface area contributed by atoms with E-state index < -0.39 is 0 Å². The minimum Gasteiger partial charge on any atom is -0.374 e. The van der Waals surface area contributed by atoms with E-state index in [-0.39, 0.29) is 0 Å². The SMILES string of the molecule is C=C/C=C(\C=C/C)/C=C/c1ccc2c(c1)CCN2C. The predicted octanol–water partition coefficient (Wildman–Crippen LogP) is 4.38. The van der Waals surface area contributed by atoms with Crippen molar-refractivity contribution in [3.8, 4) is 0 Å². The van der Waals surface area contributed by atoms with E-state index in [0.717, 1.165) is 18.5 Å². The first kappa shape index (κ1) is 13.4. The van der Waals surface area contributed by atoms with Gasteiger partial charge in [-0.25, -0.2) is 0 Å². The average molecular weight is 251 g/mol. The van der Waals surface area contributed by atoms with E-state index in [4.69, 9.17) is 0 Å². The van der Waals surface area contributed by atoms with Crippen LogP contribution >= 0.6 is 0 Å². The molecule has 0 aliphatic carbocycles. The van der Waals surface area contributed by atoms with Crippen molar-refractivity contribution in [2.45, 2.75) is 13.3 Å². The Morgan fingerprint density at radius 2 is 2.16 bits per heavy atom. The molecule has 2 rings (SSSR count). The van der Waals surface area contributed by atoms with Crippen molar-refractivity contribution < 1.29 is 0 Å². The van der Waals surface area contributed by atoms with Gasteiger partial charge in [-0.05, 0) is 42.2 Å². The van der Waals surface area contributed by atoms with Crippen LogP contribution in [0, 0.1) is 0 Å². The van der Waals surface area contributed by atoms with Crippen molar-refractivity contribution in [1.82, 2.24) is 0 Å². The van der Waals surface area contributed by atoms with Crippen LogP contribution in [0.3, 0.4) is 0 Å². The molecule has 0 saturated carbocycles. The number of fused-ring (bicyclic) bond motifs is 1. The van der Waals surface area contributed by atoms with E-state index in [1.165, 1.54) is 16.8 Å². The Morgan fingerprint density at radius 1 is 1.32 bits per heavy atom. The topological polar surface area (TPSA) is 3.24 Å². The number of rotatable bonds is 4. The summed E-state index contributed by atoms with van der Waals surface area (Å²) in [5.74, 6) is 0. The van der Waals surface area contributed by atoms with Crippen molar-refractivity contribution in [2.24, 2.45) is 0 Å². The van der Waals surface area contributed by atoms with Crippen LogP contribution < -0.4 is 4.90 Å². The van der Waals surface area contributed by atoms with Crippen LogP contribution in [-0.4, -0.2) is 13.6 Å². The zero-order valence-corrected chi connectivity index (χ0v) is 11.8. The molecule has 0 saturated heterocycles. The summed E-state index contributed by atoms with van der Waals surface area (Å²) in [5, 5.41) is 0. The smallest absolute Gasteiger partial charge is 0.0397 e. The van der Waals surface area contributed by atoms with Crippen LogP contribution in [0.2, 0.25) is 0 Å². The summed E-state index contributed by atoms with van der Waals surface area (Å²) in [6.45, 7) is 6.90. The zero-order valence-electron chi connectivity index (χ0n) is 11.8. The summed E-state index contributed by atoms with van der Waals surface area (Å²) in [5.41, 5.74) is 5.24. The molecule has 0 bridgehead atoms. The number of allylic oxidation sites excluding steroid dienone is 6. The van der Waals surface area contributed by atoms with Gasteiger partial charge in [0.05, 0.1) is 0 Å². The first-order chi connectivity index (χ1) is 9.24. The molecule has 1 heterocycles. The maximum absolute atomic E-state index is 3.74. The Hall–Kier alpha value is -2.02. The van der Waals surface area contributed by atoms with Gasteiger partial charge in [0, 0.05) is 19.3 Å². The molecule has 1 nitrogen and oxygen atoms in total. The first-order valence-corrected chi connectivity index (χ1v) is 6.72. The van der Waals surface area contributed by atoms with Gasteiger partial charge in [0.1, 0.15) is 0 Å². The highest BCUT2D eigenvalue weighted by Gasteiger charge is 2.14. The molecule has 98 valence electrons. The molecular weight excluding hydrogens is 230 g/mol. The summed E-state index contributed by atoms with van der Waals surface area (Å²) >= 11 is 0. The van der Waals surface area contributed by atoms with E-state index in [1.54, 1.807) is 0 Å². The highest BCUT2D eigenvalue weighted by Crippen LogP contribution is 2.27. The van der Waals surface area contributed by atoms with Crippen molar-refractivity contribution in [3.63, 3.8) is 0 Å². The lowest BCUT2D eigenvalue weighted by atomic mass is 10.1. The largest absolute Gasteiger partial charge is 0.374 e. The number of benzene rings is 1. The molecular formula is C18H21N. The Kier molecular flexibility index (Phi) is 4.40. The molecule has 0 aromatic heterocycles. The molecule has 0 unspecified atom stereocenters. The Bertz CT molecular complexity index is 547.